The molecule has 1 aromatic carbocycles. The van der Waals surface area contributed by atoms with Crippen LogP contribution in [-0.2, 0) is 14.4 Å². The molecule has 1 aliphatic heterocycles. The summed E-state index contributed by atoms with van der Waals surface area (Å²) in [5.41, 5.74) is 0.947. The quantitative estimate of drug-likeness (QED) is 0.634. The zero-order valence-electron chi connectivity index (χ0n) is 13.4. The maximum atomic E-state index is 12.4. The largest absolute Gasteiger partial charge is 0.348 e. The summed E-state index contributed by atoms with van der Waals surface area (Å²) in [7, 11) is 0. The van der Waals surface area contributed by atoms with Crippen molar-refractivity contribution in [3.63, 3.8) is 0 Å². The SMILES string of the molecule is C[C@H](NC(=O)CN1C(=O)[C@@H]2CC=CC[C@H]2C1=O)c1ccccc1Br. The van der Waals surface area contributed by atoms with Crippen molar-refractivity contribution >= 4 is 33.7 Å². The number of hydrogen-bond acceptors (Lipinski definition) is 3. The minimum absolute atomic E-state index is 0.209. The van der Waals surface area contributed by atoms with E-state index in [-0.39, 0.29) is 42.1 Å². The zero-order chi connectivity index (χ0) is 17.3. The van der Waals surface area contributed by atoms with E-state index in [0.29, 0.717) is 12.8 Å². The summed E-state index contributed by atoms with van der Waals surface area (Å²) in [5.74, 6) is -1.37. The zero-order valence-corrected chi connectivity index (χ0v) is 15.0. The van der Waals surface area contributed by atoms with Gasteiger partial charge in [0.05, 0.1) is 17.9 Å². The summed E-state index contributed by atoms with van der Waals surface area (Å²) in [4.78, 5) is 38.2. The van der Waals surface area contributed by atoms with Crippen LogP contribution in [0.3, 0.4) is 0 Å². The monoisotopic (exact) mass is 390 g/mol. The fourth-order valence-electron chi connectivity index (χ4n) is 3.36. The number of carbonyl (C=O) groups is 3. The molecule has 0 saturated carbocycles. The molecule has 1 fully saturated rings. The van der Waals surface area contributed by atoms with Crippen LogP contribution in [0.1, 0.15) is 31.4 Å². The van der Waals surface area contributed by atoms with Crippen LogP contribution in [0.25, 0.3) is 0 Å². The van der Waals surface area contributed by atoms with E-state index in [1.54, 1.807) is 0 Å². The van der Waals surface area contributed by atoms with Gasteiger partial charge in [0.2, 0.25) is 17.7 Å². The number of hydrogen-bond donors (Lipinski definition) is 1. The van der Waals surface area contributed by atoms with E-state index < -0.39 is 0 Å². The number of nitrogens with zero attached hydrogens (tertiary/aromatic N) is 1. The Labute approximate surface area is 149 Å². The third-order valence-corrected chi connectivity index (χ3v) is 5.37. The Hall–Kier alpha value is -1.95. The molecule has 1 aliphatic carbocycles. The Morgan fingerprint density at radius 2 is 1.79 bits per heavy atom. The molecule has 1 heterocycles. The molecule has 3 rings (SSSR count). The minimum atomic E-state index is -0.327. The summed E-state index contributed by atoms with van der Waals surface area (Å²) >= 11 is 3.46. The average Bonchev–Trinajstić information content (AvgIpc) is 2.80. The second-order valence-corrected chi connectivity index (χ2v) is 7.08. The highest BCUT2D eigenvalue weighted by atomic mass is 79.9. The summed E-state index contributed by atoms with van der Waals surface area (Å²) in [6.07, 6.45) is 5.04. The van der Waals surface area contributed by atoms with E-state index >= 15 is 0 Å². The Balaban J connectivity index is 1.64. The molecular formula is C18H19BrN2O3. The molecule has 1 saturated heterocycles. The van der Waals surface area contributed by atoms with Gasteiger partial charge < -0.3 is 5.32 Å². The van der Waals surface area contributed by atoms with Crippen LogP contribution >= 0.6 is 15.9 Å². The van der Waals surface area contributed by atoms with Gasteiger partial charge >= 0.3 is 0 Å². The smallest absolute Gasteiger partial charge is 0.240 e. The van der Waals surface area contributed by atoms with E-state index in [4.69, 9.17) is 0 Å². The number of halogens is 1. The van der Waals surface area contributed by atoms with Crippen LogP contribution in [0.15, 0.2) is 40.9 Å². The van der Waals surface area contributed by atoms with Gasteiger partial charge in [-0.25, -0.2) is 0 Å². The summed E-state index contributed by atoms with van der Waals surface area (Å²) < 4.78 is 0.906. The maximum absolute atomic E-state index is 12.4. The second-order valence-electron chi connectivity index (χ2n) is 6.23. The third kappa shape index (κ3) is 3.15. The van der Waals surface area contributed by atoms with Gasteiger partial charge in [-0.1, -0.05) is 46.3 Å². The van der Waals surface area contributed by atoms with Gasteiger partial charge in [0.15, 0.2) is 0 Å². The average molecular weight is 391 g/mol. The van der Waals surface area contributed by atoms with E-state index in [1.165, 1.54) is 0 Å². The first-order valence-electron chi connectivity index (χ1n) is 8.03. The van der Waals surface area contributed by atoms with Crippen LogP contribution in [0.5, 0.6) is 0 Å². The predicted octanol–water partition coefficient (Wildman–Crippen LogP) is 2.58. The van der Waals surface area contributed by atoms with Gasteiger partial charge in [0.25, 0.3) is 0 Å². The number of amides is 3. The number of fused-ring (bicyclic) bond motifs is 1. The van der Waals surface area contributed by atoms with Crippen LogP contribution in [0.2, 0.25) is 0 Å². The second kappa shape index (κ2) is 6.89. The number of nitrogens with one attached hydrogen (secondary N) is 1. The number of allylic oxidation sites excluding steroid dienone is 2. The van der Waals surface area contributed by atoms with Crippen LogP contribution in [-0.4, -0.2) is 29.2 Å². The molecule has 0 unspecified atom stereocenters. The molecule has 24 heavy (non-hydrogen) atoms. The van der Waals surface area contributed by atoms with Crippen molar-refractivity contribution in [2.75, 3.05) is 6.54 Å². The summed E-state index contributed by atoms with van der Waals surface area (Å²) in [5, 5.41) is 2.86. The van der Waals surface area contributed by atoms with Gasteiger partial charge in [-0.15, -0.1) is 0 Å². The molecule has 5 nitrogen and oxygen atoms in total. The third-order valence-electron chi connectivity index (χ3n) is 4.65. The summed E-state index contributed by atoms with van der Waals surface area (Å²) in [6.45, 7) is 1.66. The number of carbonyl (C=O) groups excluding carboxylic acids is 3. The van der Waals surface area contributed by atoms with Gasteiger partial charge in [0.1, 0.15) is 6.54 Å². The van der Waals surface area contributed by atoms with Crippen molar-refractivity contribution in [2.24, 2.45) is 11.8 Å². The fourth-order valence-corrected chi connectivity index (χ4v) is 3.99. The number of imide groups is 1. The molecule has 0 aromatic heterocycles. The van der Waals surface area contributed by atoms with Crippen molar-refractivity contribution in [2.45, 2.75) is 25.8 Å². The Morgan fingerprint density at radius 1 is 1.21 bits per heavy atom. The Morgan fingerprint density at radius 3 is 2.38 bits per heavy atom. The molecule has 126 valence electrons. The lowest BCUT2D eigenvalue weighted by Gasteiger charge is -2.19. The molecule has 0 bridgehead atoms. The number of likely N-dealkylation sites (tertiary alicyclic amines) is 1. The van der Waals surface area contributed by atoms with Gasteiger partial charge in [-0.2, -0.15) is 0 Å². The van der Waals surface area contributed by atoms with Crippen molar-refractivity contribution < 1.29 is 14.4 Å². The lowest BCUT2D eigenvalue weighted by atomic mass is 9.85. The van der Waals surface area contributed by atoms with E-state index in [9.17, 15) is 14.4 Å². The van der Waals surface area contributed by atoms with Crippen LogP contribution in [0.4, 0.5) is 0 Å². The molecule has 3 amide bonds. The molecule has 1 aromatic rings. The van der Waals surface area contributed by atoms with Crippen LogP contribution in [0, 0.1) is 11.8 Å². The molecule has 0 radical (unpaired) electrons. The van der Waals surface area contributed by atoms with Crippen molar-refractivity contribution in [3.05, 3.63) is 46.5 Å². The van der Waals surface area contributed by atoms with Gasteiger partial charge in [-0.3, -0.25) is 19.3 Å². The molecule has 6 heteroatoms. The van der Waals surface area contributed by atoms with E-state index in [0.717, 1.165) is 14.9 Å². The topological polar surface area (TPSA) is 66.5 Å². The first kappa shape index (κ1) is 16.9. The normalized spacial score (nSPS) is 24.0. The molecule has 2 aliphatic rings. The molecule has 3 atom stereocenters. The number of rotatable bonds is 4. The first-order valence-corrected chi connectivity index (χ1v) is 8.82. The van der Waals surface area contributed by atoms with Crippen molar-refractivity contribution in [1.29, 1.82) is 0 Å². The minimum Gasteiger partial charge on any atom is -0.348 e. The van der Waals surface area contributed by atoms with Crippen LogP contribution < -0.4 is 5.32 Å². The standard InChI is InChI=1S/C18H19BrN2O3/c1-11(12-6-4-5-9-15(12)19)20-16(22)10-21-17(23)13-7-2-3-8-14(13)18(21)24/h2-6,9,11,13-14H,7-8,10H2,1H3,(H,20,22)/t11-,13+,14+/m0/s1. The maximum Gasteiger partial charge on any atom is 0.240 e. The fraction of sp³-hybridized carbons (Fsp3) is 0.389. The van der Waals surface area contributed by atoms with Crippen molar-refractivity contribution in [1.82, 2.24) is 10.2 Å². The predicted molar refractivity (Wildman–Crippen MR) is 92.8 cm³/mol. The summed E-state index contributed by atoms with van der Waals surface area (Å²) in [6, 6.07) is 7.41. The molecule has 0 spiro atoms. The van der Waals surface area contributed by atoms with E-state index in [2.05, 4.69) is 21.2 Å². The number of benzene rings is 1. The Kier molecular flexibility index (Phi) is 4.85. The molecular weight excluding hydrogens is 372 g/mol. The molecule has 1 N–H and O–H groups in total. The first-order chi connectivity index (χ1) is 11.5. The lowest BCUT2D eigenvalue weighted by Crippen LogP contribution is -2.41. The highest BCUT2D eigenvalue weighted by Crippen LogP contribution is 2.34. The lowest BCUT2D eigenvalue weighted by molar-refractivity contribution is -0.143. The highest BCUT2D eigenvalue weighted by molar-refractivity contribution is 9.10. The van der Waals surface area contributed by atoms with E-state index in [1.807, 2.05) is 43.3 Å². The highest BCUT2D eigenvalue weighted by Gasteiger charge is 2.47. The van der Waals surface area contributed by atoms with Gasteiger partial charge in [0, 0.05) is 4.47 Å². The van der Waals surface area contributed by atoms with Gasteiger partial charge in [-0.05, 0) is 31.4 Å². The Bertz CT molecular complexity index is 690. The van der Waals surface area contributed by atoms with Crippen molar-refractivity contribution in [3.8, 4) is 0 Å².